The second-order valence-electron chi connectivity index (χ2n) is 3.38. The summed E-state index contributed by atoms with van der Waals surface area (Å²) in [5, 5.41) is 14.2. The quantitative estimate of drug-likeness (QED) is 0.681. The molecule has 0 aliphatic heterocycles. The van der Waals surface area contributed by atoms with Gasteiger partial charge in [0, 0.05) is 5.39 Å². The summed E-state index contributed by atoms with van der Waals surface area (Å²) in [5.74, 6) is -0.313. The molecule has 0 saturated carbocycles. The van der Waals surface area contributed by atoms with Crippen molar-refractivity contribution in [2.75, 3.05) is 6.61 Å². The van der Waals surface area contributed by atoms with Crippen molar-refractivity contribution in [2.24, 2.45) is 0 Å². The Labute approximate surface area is 111 Å². The molecule has 17 heavy (non-hydrogen) atoms. The molecule has 1 aromatic carbocycles. The number of phenols is 1. The molecular weight excluding hydrogens is 337 g/mol. The van der Waals surface area contributed by atoms with Crippen LogP contribution >= 0.6 is 22.6 Å². The van der Waals surface area contributed by atoms with Crippen molar-refractivity contribution < 1.29 is 19.2 Å². The van der Waals surface area contributed by atoms with Gasteiger partial charge in [-0.1, -0.05) is 5.16 Å². The highest BCUT2D eigenvalue weighted by Crippen LogP contribution is 2.31. The van der Waals surface area contributed by atoms with Crippen molar-refractivity contribution in [2.45, 2.75) is 13.3 Å². The SMILES string of the molecule is CCOC(=O)Cc1noc2c(O)c(I)ccc12. The summed E-state index contributed by atoms with van der Waals surface area (Å²) >= 11 is 1.99. The third-order valence-electron chi connectivity index (χ3n) is 2.26. The Hall–Kier alpha value is -1.31. The number of fused-ring (bicyclic) bond motifs is 1. The van der Waals surface area contributed by atoms with Gasteiger partial charge >= 0.3 is 5.97 Å². The van der Waals surface area contributed by atoms with Gasteiger partial charge in [-0.25, -0.2) is 0 Å². The Morgan fingerprint density at radius 1 is 1.59 bits per heavy atom. The topological polar surface area (TPSA) is 72.6 Å². The number of halogens is 1. The Kier molecular flexibility index (Phi) is 3.51. The fraction of sp³-hybridized carbons (Fsp3) is 0.273. The van der Waals surface area contributed by atoms with Crippen molar-refractivity contribution in [3.05, 3.63) is 21.4 Å². The summed E-state index contributed by atoms with van der Waals surface area (Å²) in [6, 6.07) is 3.51. The van der Waals surface area contributed by atoms with Gasteiger partial charge in [0.05, 0.1) is 16.6 Å². The zero-order valence-electron chi connectivity index (χ0n) is 9.07. The molecule has 0 aliphatic carbocycles. The van der Waals surface area contributed by atoms with E-state index in [-0.39, 0.29) is 18.1 Å². The minimum atomic E-state index is -0.360. The van der Waals surface area contributed by atoms with E-state index < -0.39 is 0 Å². The minimum Gasteiger partial charge on any atom is -0.503 e. The second kappa shape index (κ2) is 4.91. The lowest BCUT2D eigenvalue weighted by Gasteiger charge is -1.99. The molecule has 0 atom stereocenters. The number of aromatic hydroxyl groups is 1. The van der Waals surface area contributed by atoms with Crippen LogP contribution in [0.5, 0.6) is 5.75 Å². The first-order valence-electron chi connectivity index (χ1n) is 5.04. The maximum atomic E-state index is 11.3. The molecule has 1 heterocycles. The van der Waals surface area contributed by atoms with Gasteiger partial charge in [-0.3, -0.25) is 4.79 Å². The Balaban J connectivity index is 2.37. The van der Waals surface area contributed by atoms with Crippen molar-refractivity contribution in [3.63, 3.8) is 0 Å². The normalized spacial score (nSPS) is 10.7. The Bertz CT molecular complexity index is 564. The molecule has 0 fully saturated rings. The average molecular weight is 347 g/mol. The van der Waals surface area contributed by atoms with E-state index in [1.54, 1.807) is 19.1 Å². The average Bonchev–Trinajstić information content (AvgIpc) is 2.68. The van der Waals surface area contributed by atoms with E-state index >= 15 is 0 Å². The third kappa shape index (κ3) is 2.36. The molecule has 2 rings (SSSR count). The number of ether oxygens (including phenoxy) is 1. The van der Waals surface area contributed by atoms with Gasteiger partial charge in [0.25, 0.3) is 0 Å². The lowest BCUT2D eigenvalue weighted by atomic mass is 10.1. The van der Waals surface area contributed by atoms with Gasteiger partial charge < -0.3 is 14.4 Å². The zero-order chi connectivity index (χ0) is 12.4. The molecule has 0 spiro atoms. The number of esters is 1. The summed E-state index contributed by atoms with van der Waals surface area (Å²) in [5.41, 5.74) is 0.779. The summed E-state index contributed by atoms with van der Waals surface area (Å²) in [4.78, 5) is 11.3. The molecule has 2 aromatic rings. The lowest BCUT2D eigenvalue weighted by Crippen LogP contribution is -2.07. The van der Waals surface area contributed by atoms with Gasteiger partial charge in [0.2, 0.25) is 5.58 Å². The van der Waals surface area contributed by atoms with Crippen LogP contribution in [0.2, 0.25) is 0 Å². The van der Waals surface area contributed by atoms with E-state index in [0.717, 1.165) is 0 Å². The number of nitrogens with zero attached hydrogens (tertiary/aromatic N) is 1. The number of rotatable bonds is 3. The zero-order valence-corrected chi connectivity index (χ0v) is 11.2. The molecule has 5 nitrogen and oxygen atoms in total. The van der Waals surface area contributed by atoms with Crippen molar-refractivity contribution >= 4 is 39.5 Å². The molecular formula is C11H10INO4. The summed E-state index contributed by atoms with van der Waals surface area (Å²) in [6.45, 7) is 2.07. The largest absolute Gasteiger partial charge is 0.503 e. The van der Waals surface area contributed by atoms with E-state index in [0.29, 0.717) is 26.8 Å². The van der Waals surface area contributed by atoms with Gasteiger partial charge in [-0.2, -0.15) is 0 Å². The van der Waals surface area contributed by atoms with Crippen LogP contribution in [0.25, 0.3) is 11.0 Å². The summed E-state index contributed by atoms with van der Waals surface area (Å²) in [6.07, 6.45) is 0.0425. The molecule has 6 heteroatoms. The molecule has 0 aliphatic rings. The predicted octanol–water partition coefficient (Wildman–Crippen LogP) is 2.24. The van der Waals surface area contributed by atoms with E-state index in [1.807, 2.05) is 22.6 Å². The fourth-order valence-corrected chi connectivity index (χ4v) is 1.92. The molecule has 0 bridgehead atoms. The maximum absolute atomic E-state index is 11.3. The number of carbonyl (C=O) groups is 1. The van der Waals surface area contributed by atoms with E-state index in [2.05, 4.69) is 5.16 Å². The molecule has 0 radical (unpaired) electrons. The van der Waals surface area contributed by atoms with Crippen LogP contribution in [0.15, 0.2) is 16.7 Å². The van der Waals surface area contributed by atoms with Crippen LogP contribution in [0, 0.1) is 3.57 Å². The molecule has 0 amide bonds. The fourth-order valence-electron chi connectivity index (χ4n) is 1.49. The second-order valence-corrected chi connectivity index (χ2v) is 4.55. The smallest absolute Gasteiger partial charge is 0.312 e. The number of aromatic nitrogens is 1. The maximum Gasteiger partial charge on any atom is 0.312 e. The molecule has 1 aromatic heterocycles. The van der Waals surface area contributed by atoms with Gasteiger partial charge in [0.1, 0.15) is 5.69 Å². The van der Waals surface area contributed by atoms with Crippen LogP contribution in [0.4, 0.5) is 0 Å². The van der Waals surface area contributed by atoms with Crippen LogP contribution in [-0.2, 0) is 16.0 Å². The van der Waals surface area contributed by atoms with Crippen LogP contribution < -0.4 is 0 Å². The van der Waals surface area contributed by atoms with Crippen LogP contribution in [-0.4, -0.2) is 22.8 Å². The van der Waals surface area contributed by atoms with Crippen LogP contribution in [0.3, 0.4) is 0 Å². The number of hydrogen-bond acceptors (Lipinski definition) is 5. The van der Waals surface area contributed by atoms with Gasteiger partial charge in [-0.05, 0) is 41.6 Å². The molecule has 0 saturated heterocycles. The Morgan fingerprint density at radius 2 is 2.35 bits per heavy atom. The highest BCUT2D eigenvalue weighted by atomic mass is 127. The first kappa shape index (κ1) is 12.2. The summed E-state index contributed by atoms with van der Waals surface area (Å²) < 4.78 is 10.5. The van der Waals surface area contributed by atoms with Crippen molar-refractivity contribution in [3.8, 4) is 5.75 Å². The molecule has 1 N–H and O–H groups in total. The molecule has 0 unspecified atom stereocenters. The highest BCUT2D eigenvalue weighted by molar-refractivity contribution is 14.1. The van der Waals surface area contributed by atoms with Gasteiger partial charge in [0.15, 0.2) is 5.75 Å². The number of carbonyl (C=O) groups excluding carboxylic acids is 1. The van der Waals surface area contributed by atoms with Gasteiger partial charge in [-0.15, -0.1) is 0 Å². The Morgan fingerprint density at radius 3 is 3.06 bits per heavy atom. The molecule has 90 valence electrons. The predicted molar refractivity (Wildman–Crippen MR) is 68.7 cm³/mol. The lowest BCUT2D eigenvalue weighted by molar-refractivity contribution is -0.142. The number of phenolic OH excluding ortho intramolecular Hbond substituents is 1. The first-order valence-corrected chi connectivity index (χ1v) is 6.12. The third-order valence-corrected chi connectivity index (χ3v) is 3.13. The van der Waals surface area contributed by atoms with Crippen LogP contribution in [0.1, 0.15) is 12.6 Å². The number of hydrogen-bond donors (Lipinski definition) is 1. The van der Waals surface area contributed by atoms with E-state index in [9.17, 15) is 9.90 Å². The summed E-state index contributed by atoms with van der Waals surface area (Å²) in [7, 11) is 0. The van der Waals surface area contributed by atoms with E-state index in [1.165, 1.54) is 0 Å². The number of benzene rings is 1. The van der Waals surface area contributed by atoms with E-state index in [4.69, 9.17) is 9.26 Å². The van der Waals surface area contributed by atoms with Crippen molar-refractivity contribution in [1.29, 1.82) is 0 Å². The minimum absolute atomic E-state index is 0.0425. The highest BCUT2D eigenvalue weighted by Gasteiger charge is 2.16. The monoisotopic (exact) mass is 347 g/mol. The standard InChI is InChI=1S/C11H10INO4/c1-2-16-9(14)5-8-6-3-4-7(12)10(15)11(6)17-13-8/h3-4,15H,2,5H2,1H3. The van der Waals surface area contributed by atoms with Crippen molar-refractivity contribution in [1.82, 2.24) is 5.16 Å². The first-order chi connectivity index (χ1) is 8.13.